The standard InChI is InChI=1S/C17H19ClFN/c1-11(2)20-10-13-5-7-17(19)15(8-13)14-6-4-12(3)16(18)9-14/h4-9,11,20H,10H2,1-3H3. The van der Waals surface area contributed by atoms with Gasteiger partial charge in [-0.2, -0.15) is 0 Å². The molecule has 0 aliphatic carbocycles. The molecule has 0 spiro atoms. The molecule has 0 unspecified atom stereocenters. The molecule has 2 aromatic carbocycles. The van der Waals surface area contributed by atoms with Crippen molar-refractivity contribution >= 4 is 11.6 Å². The summed E-state index contributed by atoms with van der Waals surface area (Å²) >= 11 is 6.12. The largest absolute Gasteiger partial charge is 0.310 e. The summed E-state index contributed by atoms with van der Waals surface area (Å²) < 4.78 is 14.0. The van der Waals surface area contributed by atoms with Crippen LogP contribution in [0.4, 0.5) is 4.39 Å². The van der Waals surface area contributed by atoms with E-state index in [4.69, 9.17) is 11.6 Å². The smallest absolute Gasteiger partial charge is 0.131 e. The van der Waals surface area contributed by atoms with Gasteiger partial charge >= 0.3 is 0 Å². The molecule has 1 N–H and O–H groups in total. The van der Waals surface area contributed by atoms with Crippen LogP contribution in [-0.4, -0.2) is 6.04 Å². The van der Waals surface area contributed by atoms with Crippen LogP contribution in [0, 0.1) is 12.7 Å². The number of rotatable bonds is 4. The van der Waals surface area contributed by atoms with Crippen molar-refractivity contribution in [2.75, 3.05) is 0 Å². The van der Waals surface area contributed by atoms with Gasteiger partial charge in [-0.05, 0) is 41.8 Å². The predicted octanol–water partition coefficient (Wildman–Crippen LogP) is 4.95. The SMILES string of the molecule is Cc1ccc(-c2cc(CNC(C)C)ccc2F)cc1Cl. The second-order valence-electron chi connectivity index (χ2n) is 5.31. The third kappa shape index (κ3) is 3.59. The normalized spacial score (nSPS) is 11.1. The molecule has 0 amide bonds. The molecule has 106 valence electrons. The molecule has 2 rings (SSSR count). The molecule has 0 saturated heterocycles. The Morgan fingerprint density at radius 3 is 2.55 bits per heavy atom. The Labute approximate surface area is 124 Å². The quantitative estimate of drug-likeness (QED) is 0.840. The summed E-state index contributed by atoms with van der Waals surface area (Å²) in [7, 11) is 0. The molecule has 0 aromatic heterocycles. The Morgan fingerprint density at radius 2 is 1.90 bits per heavy atom. The van der Waals surface area contributed by atoms with Gasteiger partial charge in [-0.15, -0.1) is 0 Å². The van der Waals surface area contributed by atoms with Gasteiger partial charge < -0.3 is 5.32 Å². The maximum absolute atomic E-state index is 14.0. The van der Waals surface area contributed by atoms with Gasteiger partial charge in [-0.1, -0.05) is 43.6 Å². The number of aryl methyl sites for hydroxylation is 1. The molecule has 0 aliphatic rings. The number of nitrogens with one attached hydrogen (secondary N) is 1. The van der Waals surface area contributed by atoms with Gasteiger partial charge in [-0.3, -0.25) is 0 Å². The first-order valence-corrected chi connectivity index (χ1v) is 7.13. The Balaban J connectivity index is 2.34. The van der Waals surface area contributed by atoms with E-state index in [-0.39, 0.29) is 5.82 Å². The van der Waals surface area contributed by atoms with Gasteiger partial charge in [0.2, 0.25) is 0 Å². The monoisotopic (exact) mass is 291 g/mol. The van der Waals surface area contributed by atoms with Gasteiger partial charge in [-0.25, -0.2) is 4.39 Å². The zero-order valence-corrected chi connectivity index (χ0v) is 12.8. The molecular weight excluding hydrogens is 273 g/mol. The minimum atomic E-state index is -0.224. The molecule has 0 radical (unpaired) electrons. The molecule has 0 fully saturated rings. The van der Waals surface area contributed by atoms with Crippen LogP contribution in [0.15, 0.2) is 36.4 Å². The Hall–Kier alpha value is -1.38. The van der Waals surface area contributed by atoms with Crippen molar-refractivity contribution in [2.45, 2.75) is 33.4 Å². The fraction of sp³-hybridized carbons (Fsp3) is 0.294. The van der Waals surface area contributed by atoms with Crippen LogP contribution in [0.2, 0.25) is 5.02 Å². The third-order valence-corrected chi connectivity index (χ3v) is 3.64. The van der Waals surface area contributed by atoms with Gasteiger partial charge in [0.1, 0.15) is 5.82 Å². The number of hydrogen-bond donors (Lipinski definition) is 1. The zero-order valence-electron chi connectivity index (χ0n) is 12.0. The van der Waals surface area contributed by atoms with Gasteiger partial charge in [0, 0.05) is 23.2 Å². The van der Waals surface area contributed by atoms with E-state index in [0.29, 0.717) is 16.6 Å². The second-order valence-corrected chi connectivity index (χ2v) is 5.72. The first-order chi connectivity index (χ1) is 9.47. The Morgan fingerprint density at radius 1 is 1.15 bits per heavy atom. The number of benzene rings is 2. The fourth-order valence-electron chi connectivity index (χ4n) is 1.99. The molecule has 0 bridgehead atoms. The van der Waals surface area contributed by atoms with Gasteiger partial charge in [0.25, 0.3) is 0 Å². The third-order valence-electron chi connectivity index (χ3n) is 3.23. The fourth-order valence-corrected chi connectivity index (χ4v) is 2.17. The van der Waals surface area contributed by atoms with Crippen molar-refractivity contribution in [3.8, 4) is 11.1 Å². The van der Waals surface area contributed by atoms with E-state index < -0.39 is 0 Å². The molecule has 1 nitrogen and oxygen atoms in total. The highest BCUT2D eigenvalue weighted by Gasteiger charge is 2.08. The van der Waals surface area contributed by atoms with Crippen molar-refractivity contribution in [3.63, 3.8) is 0 Å². The lowest BCUT2D eigenvalue weighted by Crippen LogP contribution is -2.21. The van der Waals surface area contributed by atoms with Crippen molar-refractivity contribution < 1.29 is 4.39 Å². The average molecular weight is 292 g/mol. The zero-order chi connectivity index (χ0) is 14.7. The molecule has 3 heteroatoms. The summed E-state index contributed by atoms with van der Waals surface area (Å²) in [4.78, 5) is 0. The lowest BCUT2D eigenvalue weighted by Gasteiger charge is -2.11. The summed E-state index contributed by atoms with van der Waals surface area (Å²) in [5.41, 5.74) is 3.46. The van der Waals surface area contributed by atoms with Crippen LogP contribution in [0.5, 0.6) is 0 Å². The van der Waals surface area contributed by atoms with Crippen molar-refractivity contribution in [1.29, 1.82) is 0 Å². The van der Waals surface area contributed by atoms with Gasteiger partial charge in [0.15, 0.2) is 0 Å². The van der Waals surface area contributed by atoms with Crippen LogP contribution in [0.25, 0.3) is 11.1 Å². The first-order valence-electron chi connectivity index (χ1n) is 6.75. The highest BCUT2D eigenvalue weighted by Crippen LogP contribution is 2.28. The van der Waals surface area contributed by atoms with E-state index in [1.165, 1.54) is 6.07 Å². The predicted molar refractivity (Wildman–Crippen MR) is 83.6 cm³/mol. The minimum Gasteiger partial charge on any atom is -0.310 e. The van der Waals surface area contributed by atoms with Crippen LogP contribution < -0.4 is 5.32 Å². The summed E-state index contributed by atoms with van der Waals surface area (Å²) in [6.07, 6.45) is 0. The molecule has 2 aromatic rings. The summed E-state index contributed by atoms with van der Waals surface area (Å²) in [5, 5.41) is 3.99. The van der Waals surface area contributed by atoms with E-state index in [0.717, 1.165) is 23.2 Å². The summed E-state index contributed by atoms with van der Waals surface area (Å²) in [5.74, 6) is -0.224. The Kier molecular flexibility index (Phi) is 4.79. The molecule has 0 saturated carbocycles. The minimum absolute atomic E-state index is 0.224. The van der Waals surface area contributed by atoms with E-state index in [1.807, 2.05) is 37.3 Å². The molecule has 0 aliphatic heterocycles. The lowest BCUT2D eigenvalue weighted by atomic mass is 10.0. The van der Waals surface area contributed by atoms with Crippen LogP contribution in [0.3, 0.4) is 0 Å². The van der Waals surface area contributed by atoms with Crippen molar-refractivity contribution in [1.82, 2.24) is 5.32 Å². The van der Waals surface area contributed by atoms with Crippen LogP contribution >= 0.6 is 11.6 Å². The molecule has 0 atom stereocenters. The van der Waals surface area contributed by atoms with Crippen molar-refractivity contribution in [3.05, 3.63) is 58.4 Å². The van der Waals surface area contributed by atoms with Crippen molar-refractivity contribution in [2.24, 2.45) is 0 Å². The average Bonchev–Trinajstić information content (AvgIpc) is 2.41. The van der Waals surface area contributed by atoms with E-state index >= 15 is 0 Å². The molecule has 0 heterocycles. The highest BCUT2D eigenvalue weighted by molar-refractivity contribution is 6.31. The summed E-state index contributed by atoms with van der Waals surface area (Å²) in [6.45, 7) is 6.84. The van der Waals surface area contributed by atoms with E-state index in [9.17, 15) is 4.39 Å². The highest BCUT2D eigenvalue weighted by atomic mass is 35.5. The summed E-state index contributed by atoms with van der Waals surface area (Å²) in [6, 6.07) is 11.2. The molecular formula is C17H19ClFN. The van der Waals surface area contributed by atoms with E-state index in [2.05, 4.69) is 19.2 Å². The topological polar surface area (TPSA) is 12.0 Å². The second kappa shape index (κ2) is 6.38. The number of hydrogen-bond acceptors (Lipinski definition) is 1. The first kappa shape index (κ1) is 15.0. The Bertz CT molecular complexity index is 608. The van der Waals surface area contributed by atoms with Crippen LogP contribution in [0.1, 0.15) is 25.0 Å². The lowest BCUT2D eigenvalue weighted by molar-refractivity contribution is 0.586. The van der Waals surface area contributed by atoms with E-state index in [1.54, 1.807) is 0 Å². The molecule has 20 heavy (non-hydrogen) atoms. The maximum atomic E-state index is 14.0. The maximum Gasteiger partial charge on any atom is 0.131 e. The van der Waals surface area contributed by atoms with Crippen LogP contribution in [-0.2, 0) is 6.54 Å². The van der Waals surface area contributed by atoms with Gasteiger partial charge in [0.05, 0.1) is 0 Å². The number of halogens is 2.